The normalized spacial score (nSPS) is 12.2. The zero-order chi connectivity index (χ0) is 26.1. The first kappa shape index (κ1) is 26.2. The Labute approximate surface area is 209 Å². The molecule has 9 heteroatoms. The van der Waals surface area contributed by atoms with Crippen LogP contribution in [0.15, 0.2) is 82.7 Å². The Bertz CT molecular complexity index is 1230. The summed E-state index contributed by atoms with van der Waals surface area (Å²) < 4.78 is 6.76. The minimum atomic E-state index is -1.21. The summed E-state index contributed by atoms with van der Waals surface area (Å²) in [5.74, 6) is -1.58. The molecule has 3 rings (SSSR count). The number of amidine groups is 1. The van der Waals surface area contributed by atoms with Gasteiger partial charge in [0.25, 0.3) is 11.5 Å². The SMILES string of the molecule is COc1ccn(C(c2ccccc2)c2ccccc2)c(=O)c1C(=O)NC(CCCN=C(C)N)C(=O)O. The summed E-state index contributed by atoms with van der Waals surface area (Å²) in [6.45, 7) is 1.97. The molecule has 2 aromatic carbocycles. The fourth-order valence-electron chi connectivity index (χ4n) is 3.94. The molecule has 36 heavy (non-hydrogen) atoms. The zero-order valence-corrected chi connectivity index (χ0v) is 20.3. The van der Waals surface area contributed by atoms with E-state index in [0.29, 0.717) is 18.8 Å². The molecule has 0 radical (unpaired) electrons. The van der Waals surface area contributed by atoms with Gasteiger partial charge in [-0.3, -0.25) is 14.6 Å². The van der Waals surface area contributed by atoms with Gasteiger partial charge in [0.2, 0.25) is 0 Å². The Morgan fingerprint density at radius 1 is 1.06 bits per heavy atom. The number of hydrogen-bond acceptors (Lipinski definition) is 5. The number of nitrogens with two attached hydrogens (primary N) is 1. The highest BCUT2D eigenvalue weighted by Gasteiger charge is 2.27. The molecule has 0 fully saturated rings. The molecule has 1 aromatic heterocycles. The van der Waals surface area contributed by atoms with Crippen LogP contribution in [0, 0.1) is 0 Å². The summed E-state index contributed by atoms with van der Waals surface area (Å²) in [5, 5.41) is 12.1. The van der Waals surface area contributed by atoms with Gasteiger partial charge >= 0.3 is 5.97 Å². The van der Waals surface area contributed by atoms with Crippen molar-refractivity contribution >= 4 is 17.7 Å². The van der Waals surface area contributed by atoms with Gasteiger partial charge in [0.05, 0.1) is 19.0 Å². The first-order chi connectivity index (χ1) is 17.3. The van der Waals surface area contributed by atoms with Crippen molar-refractivity contribution in [3.05, 3.63) is 100.0 Å². The van der Waals surface area contributed by atoms with E-state index >= 15 is 0 Å². The van der Waals surface area contributed by atoms with Gasteiger partial charge in [-0.1, -0.05) is 60.7 Å². The third kappa shape index (κ3) is 6.38. The van der Waals surface area contributed by atoms with Crippen molar-refractivity contribution in [2.75, 3.05) is 13.7 Å². The number of nitrogens with zero attached hydrogens (tertiary/aromatic N) is 2. The molecule has 3 aromatic rings. The molecule has 9 nitrogen and oxygen atoms in total. The monoisotopic (exact) mass is 490 g/mol. The first-order valence-corrected chi connectivity index (χ1v) is 11.5. The van der Waals surface area contributed by atoms with Gasteiger partial charge in [0.1, 0.15) is 17.4 Å². The van der Waals surface area contributed by atoms with Crippen molar-refractivity contribution in [1.29, 1.82) is 0 Å². The maximum Gasteiger partial charge on any atom is 0.326 e. The van der Waals surface area contributed by atoms with Gasteiger partial charge in [-0.25, -0.2) is 4.79 Å². The molecule has 0 saturated carbocycles. The molecule has 0 saturated heterocycles. The summed E-state index contributed by atoms with van der Waals surface area (Å²) in [4.78, 5) is 42.8. The van der Waals surface area contributed by atoms with E-state index in [0.717, 1.165) is 11.1 Å². The van der Waals surface area contributed by atoms with E-state index in [1.807, 2.05) is 60.7 Å². The van der Waals surface area contributed by atoms with Crippen molar-refractivity contribution in [2.45, 2.75) is 31.8 Å². The Morgan fingerprint density at radius 3 is 2.14 bits per heavy atom. The molecular formula is C27H30N4O5. The van der Waals surface area contributed by atoms with Gasteiger partial charge in [0.15, 0.2) is 0 Å². The second-order valence-electron chi connectivity index (χ2n) is 8.23. The number of carbonyl (C=O) groups excluding carboxylic acids is 1. The van der Waals surface area contributed by atoms with Gasteiger partial charge in [0, 0.05) is 12.7 Å². The second-order valence-corrected chi connectivity index (χ2v) is 8.23. The number of carbonyl (C=O) groups is 2. The summed E-state index contributed by atoms with van der Waals surface area (Å²) in [6.07, 6.45) is 2.09. The molecular weight excluding hydrogens is 460 g/mol. The van der Waals surface area contributed by atoms with E-state index in [1.165, 1.54) is 17.7 Å². The highest BCUT2D eigenvalue weighted by Crippen LogP contribution is 2.26. The van der Waals surface area contributed by atoms with E-state index in [-0.39, 0.29) is 17.7 Å². The summed E-state index contributed by atoms with van der Waals surface area (Å²) in [6, 6.07) is 18.7. The average molecular weight is 491 g/mol. The number of hydrogen-bond donors (Lipinski definition) is 3. The second kappa shape index (κ2) is 12.3. The quantitative estimate of drug-likeness (QED) is 0.215. The number of rotatable bonds is 11. The van der Waals surface area contributed by atoms with E-state index in [9.17, 15) is 19.5 Å². The predicted molar refractivity (Wildman–Crippen MR) is 138 cm³/mol. The molecule has 0 aliphatic rings. The molecule has 0 spiro atoms. The lowest BCUT2D eigenvalue weighted by atomic mass is 9.98. The summed E-state index contributed by atoms with van der Waals surface area (Å²) >= 11 is 0. The van der Waals surface area contributed by atoms with Gasteiger partial charge in [-0.05, 0) is 37.0 Å². The van der Waals surface area contributed by atoms with Crippen LogP contribution in [0.25, 0.3) is 0 Å². The highest BCUT2D eigenvalue weighted by molar-refractivity contribution is 5.98. The Hall–Kier alpha value is -4.40. The van der Waals surface area contributed by atoms with E-state index < -0.39 is 29.5 Å². The van der Waals surface area contributed by atoms with Crippen molar-refractivity contribution in [2.24, 2.45) is 10.7 Å². The minimum absolute atomic E-state index is 0.0566. The standard InChI is InChI=1S/C27H30N4O5/c1-18(28)29-16-9-14-21(27(34)35)30-25(32)23-22(36-2)15-17-31(26(23)33)24(19-10-5-3-6-11-19)20-12-7-4-8-13-20/h3-8,10-13,15,17,21,24H,9,14,16H2,1-2H3,(H2,28,29)(H,30,32)(H,34,35). The third-order valence-electron chi connectivity index (χ3n) is 5.65. The maximum absolute atomic E-state index is 13.7. The van der Waals surface area contributed by atoms with E-state index in [4.69, 9.17) is 10.5 Å². The first-order valence-electron chi connectivity index (χ1n) is 11.5. The number of carboxylic acid groups (broad SMARTS) is 1. The lowest BCUT2D eigenvalue weighted by Crippen LogP contribution is -2.43. The molecule has 1 unspecified atom stereocenters. The third-order valence-corrected chi connectivity index (χ3v) is 5.65. The fourth-order valence-corrected chi connectivity index (χ4v) is 3.94. The van der Waals surface area contributed by atoms with Crippen LogP contribution in [0.4, 0.5) is 0 Å². The summed E-state index contributed by atoms with van der Waals surface area (Å²) in [7, 11) is 1.35. The zero-order valence-electron chi connectivity index (χ0n) is 20.3. The molecule has 1 amide bonds. The molecule has 0 bridgehead atoms. The van der Waals surface area contributed by atoms with Crippen LogP contribution in [0.3, 0.4) is 0 Å². The van der Waals surface area contributed by atoms with Gasteiger partial charge < -0.3 is 25.5 Å². The Morgan fingerprint density at radius 2 is 1.64 bits per heavy atom. The van der Waals surface area contributed by atoms with Crippen molar-refractivity contribution in [1.82, 2.24) is 9.88 Å². The van der Waals surface area contributed by atoms with Crippen LogP contribution < -0.4 is 21.3 Å². The van der Waals surface area contributed by atoms with Crippen LogP contribution in [0.5, 0.6) is 5.75 Å². The predicted octanol–water partition coefficient (Wildman–Crippen LogP) is 2.83. The number of aliphatic carboxylic acids is 1. The molecule has 4 N–H and O–H groups in total. The number of nitrogens with one attached hydrogen (secondary N) is 1. The molecule has 0 aliphatic carbocycles. The van der Waals surface area contributed by atoms with Crippen molar-refractivity contribution in [3.8, 4) is 5.75 Å². The number of aliphatic imine (C=N–C) groups is 1. The largest absolute Gasteiger partial charge is 0.496 e. The molecule has 0 aliphatic heterocycles. The van der Waals surface area contributed by atoms with Crippen molar-refractivity contribution in [3.63, 3.8) is 0 Å². The van der Waals surface area contributed by atoms with Crippen LogP contribution in [0.1, 0.15) is 47.3 Å². The lowest BCUT2D eigenvalue weighted by molar-refractivity contribution is -0.139. The highest BCUT2D eigenvalue weighted by atomic mass is 16.5. The van der Waals surface area contributed by atoms with E-state index in [1.54, 1.807) is 13.1 Å². The average Bonchev–Trinajstić information content (AvgIpc) is 2.87. The van der Waals surface area contributed by atoms with Gasteiger partial charge in [-0.15, -0.1) is 0 Å². The lowest BCUT2D eigenvalue weighted by Gasteiger charge is -2.23. The topological polar surface area (TPSA) is 136 Å². The number of amides is 1. The number of aromatic nitrogens is 1. The molecule has 1 heterocycles. The fraction of sp³-hybridized carbons (Fsp3) is 0.259. The van der Waals surface area contributed by atoms with Crippen LogP contribution in [-0.4, -0.2) is 47.1 Å². The molecule has 1 atom stereocenters. The minimum Gasteiger partial charge on any atom is -0.496 e. The number of benzene rings is 2. The smallest absolute Gasteiger partial charge is 0.326 e. The van der Waals surface area contributed by atoms with Gasteiger partial charge in [-0.2, -0.15) is 0 Å². The molecule has 188 valence electrons. The van der Waals surface area contributed by atoms with Crippen LogP contribution in [0.2, 0.25) is 0 Å². The number of pyridine rings is 1. The number of carboxylic acids is 1. The number of methoxy groups -OCH3 is 1. The van der Waals surface area contributed by atoms with Crippen LogP contribution >= 0.6 is 0 Å². The maximum atomic E-state index is 13.7. The van der Waals surface area contributed by atoms with E-state index in [2.05, 4.69) is 10.3 Å². The Balaban J connectivity index is 2.00. The summed E-state index contributed by atoms with van der Waals surface area (Å²) in [5.41, 5.74) is 6.34. The van der Waals surface area contributed by atoms with Crippen LogP contribution in [-0.2, 0) is 4.79 Å². The van der Waals surface area contributed by atoms with Crippen molar-refractivity contribution < 1.29 is 19.4 Å². The Kier molecular flexibility index (Phi) is 8.99. The number of ether oxygens (including phenoxy) is 1.